The molecule has 0 spiro atoms. The number of rotatable bonds is 2. The minimum atomic E-state index is 0.0907. The van der Waals surface area contributed by atoms with Crippen molar-refractivity contribution in [3.8, 4) is 12.1 Å². The number of hydrogen-bond acceptors (Lipinski definition) is 5. The van der Waals surface area contributed by atoms with Crippen LogP contribution in [0.25, 0.3) is 0 Å². The lowest BCUT2D eigenvalue weighted by molar-refractivity contribution is 0.303. The van der Waals surface area contributed by atoms with Gasteiger partial charge in [0.05, 0.1) is 6.04 Å². The fourth-order valence-electron chi connectivity index (χ4n) is 1.92. The second-order valence-electron chi connectivity index (χ2n) is 3.74. The van der Waals surface area contributed by atoms with E-state index in [1.165, 1.54) is 0 Å². The second-order valence-corrected chi connectivity index (χ2v) is 4.52. The summed E-state index contributed by atoms with van der Waals surface area (Å²) in [5.74, 6) is 0. The first-order valence-electron chi connectivity index (χ1n) is 5.38. The van der Waals surface area contributed by atoms with Crippen LogP contribution in [0.5, 0.6) is 0 Å². The van der Waals surface area contributed by atoms with Gasteiger partial charge in [-0.25, -0.2) is 0 Å². The van der Waals surface area contributed by atoms with Crippen molar-refractivity contribution >= 4 is 11.3 Å². The van der Waals surface area contributed by atoms with Crippen molar-refractivity contribution < 1.29 is 0 Å². The molecule has 86 valence electrons. The molecule has 4 nitrogen and oxygen atoms in total. The van der Waals surface area contributed by atoms with Crippen LogP contribution in [-0.4, -0.2) is 18.0 Å². The monoisotopic (exact) mass is 244 g/mol. The lowest BCUT2D eigenvalue weighted by Gasteiger charge is -2.33. The lowest BCUT2D eigenvalue weighted by Crippen LogP contribution is -2.40. The third kappa shape index (κ3) is 2.11. The van der Waals surface area contributed by atoms with E-state index in [2.05, 4.69) is 22.8 Å². The van der Waals surface area contributed by atoms with E-state index in [1.54, 1.807) is 11.3 Å². The van der Waals surface area contributed by atoms with Crippen molar-refractivity contribution in [3.63, 3.8) is 0 Å². The van der Waals surface area contributed by atoms with Gasteiger partial charge in [0.2, 0.25) is 0 Å². The van der Waals surface area contributed by atoms with Crippen LogP contribution in [0.2, 0.25) is 0 Å². The molecule has 1 unspecified atom stereocenters. The van der Waals surface area contributed by atoms with E-state index in [0.717, 1.165) is 18.7 Å². The molecule has 17 heavy (non-hydrogen) atoms. The average molecular weight is 244 g/mol. The van der Waals surface area contributed by atoms with E-state index < -0.39 is 0 Å². The molecule has 2 heterocycles. The van der Waals surface area contributed by atoms with Gasteiger partial charge in [-0.2, -0.15) is 21.9 Å². The predicted molar refractivity (Wildman–Crippen MR) is 65.7 cm³/mol. The number of allylic oxidation sites excluding steroid dienone is 2. The van der Waals surface area contributed by atoms with Crippen LogP contribution in [0, 0.1) is 22.7 Å². The minimum absolute atomic E-state index is 0.0907. The number of hydrogen-bond donors (Lipinski definition) is 1. The number of thiophene rings is 1. The summed E-state index contributed by atoms with van der Waals surface area (Å²) in [6.45, 7) is 3.44. The van der Waals surface area contributed by atoms with Crippen LogP contribution in [0.3, 0.4) is 0 Å². The molecule has 0 aliphatic carbocycles. The number of nitrogens with zero attached hydrogens (tertiary/aromatic N) is 3. The minimum Gasteiger partial charge on any atom is -0.366 e. The first kappa shape index (κ1) is 11.5. The summed E-state index contributed by atoms with van der Waals surface area (Å²) >= 11 is 1.63. The first-order chi connectivity index (χ1) is 8.30. The Morgan fingerprint density at radius 3 is 2.88 bits per heavy atom. The van der Waals surface area contributed by atoms with Crippen LogP contribution < -0.4 is 5.32 Å². The molecule has 0 saturated heterocycles. The molecule has 0 fully saturated rings. The normalized spacial score (nSPS) is 19.5. The predicted octanol–water partition coefficient (Wildman–Crippen LogP) is 1.97. The van der Waals surface area contributed by atoms with Crippen LogP contribution in [0.15, 0.2) is 28.2 Å². The Morgan fingerprint density at radius 1 is 1.53 bits per heavy atom. The molecule has 0 bridgehead atoms. The molecule has 1 aliphatic heterocycles. The smallest absolute Gasteiger partial charge is 0.150 e. The van der Waals surface area contributed by atoms with E-state index in [9.17, 15) is 0 Å². The lowest BCUT2D eigenvalue weighted by atomic mass is 10.1. The van der Waals surface area contributed by atoms with Crippen LogP contribution in [0.1, 0.15) is 18.5 Å². The Hall–Kier alpha value is -1.98. The van der Waals surface area contributed by atoms with Crippen LogP contribution >= 0.6 is 11.3 Å². The van der Waals surface area contributed by atoms with E-state index in [0.29, 0.717) is 11.4 Å². The largest absolute Gasteiger partial charge is 0.366 e. The summed E-state index contributed by atoms with van der Waals surface area (Å²) in [4.78, 5) is 1.94. The maximum Gasteiger partial charge on any atom is 0.150 e. The molecule has 1 aliphatic rings. The van der Waals surface area contributed by atoms with E-state index in [1.807, 2.05) is 23.3 Å². The zero-order valence-corrected chi connectivity index (χ0v) is 10.3. The standard InChI is InChI=1S/C12H12N4S/c1-2-16-7-11(9-3-4-17-8-9)15-10(5-13)12(16)6-14/h3-4,8,11,15H,2,7H2,1H3. The van der Waals surface area contributed by atoms with Crippen molar-refractivity contribution in [1.82, 2.24) is 10.2 Å². The van der Waals surface area contributed by atoms with Gasteiger partial charge in [-0.3, -0.25) is 0 Å². The van der Waals surface area contributed by atoms with Crippen molar-refractivity contribution in [3.05, 3.63) is 33.8 Å². The van der Waals surface area contributed by atoms with Gasteiger partial charge >= 0.3 is 0 Å². The Morgan fingerprint density at radius 2 is 2.35 bits per heavy atom. The maximum atomic E-state index is 9.08. The summed E-state index contributed by atoms with van der Waals surface area (Å²) in [5, 5.41) is 25.4. The van der Waals surface area contributed by atoms with Crippen LogP contribution in [0.4, 0.5) is 0 Å². The van der Waals surface area contributed by atoms with E-state index in [-0.39, 0.29) is 6.04 Å². The van der Waals surface area contributed by atoms with Crippen molar-refractivity contribution in [2.45, 2.75) is 13.0 Å². The molecule has 5 heteroatoms. The van der Waals surface area contributed by atoms with Crippen molar-refractivity contribution in [2.75, 3.05) is 13.1 Å². The van der Waals surface area contributed by atoms with Gasteiger partial charge in [0.15, 0.2) is 5.70 Å². The Bertz CT molecular complexity index is 504. The average Bonchev–Trinajstić information content (AvgIpc) is 2.90. The summed E-state index contributed by atoms with van der Waals surface area (Å²) < 4.78 is 0. The zero-order chi connectivity index (χ0) is 12.3. The molecule has 0 aromatic carbocycles. The molecule has 1 N–H and O–H groups in total. The summed E-state index contributed by atoms with van der Waals surface area (Å²) in [7, 11) is 0. The van der Waals surface area contributed by atoms with E-state index in [4.69, 9.17) is 10.5 Å². The Kier molecular flexibility index (Phi) is 3.32. The second kappa shape index (κ2) is 4.90. The Labute approximate surface area is 104 Å². The highest BCUT2D eigenvalue weighted by Gasteiger charge is 2.26. The molecular weight excluding hydrogens is 232 g/mol. The molecule has 1 aromatic heterocycles. The maximum absolute atomic E-state index is 9.08. The topological polar surface area (TPSA) is 62.9 Å². The zero-order valence-electron chi connectivity index (χ0n) is 9.47. The fourth-order valence-corrected chi connectivity index (χ4v) is 2.63. The molecule has 0 amide bonds. The quantitative estimate of drug-likeness (QED) is 0.864. The summed E-state index contributed by atoms with van der Waals surface area (Å²) in [5.41, 5.74) is 1.98. The van der Waals surface area contributed by atoms with E-state index >= 15 is 0 Å². The van der Waals surface area contributed by atoms with Crippen molar-refractivity contribution in [2.24, 2.45) is 0 Å². The first-order valence-corrected chi connectivity index (χ1v) is 6.32. The van der Waals surface area contributed by atoms with Gasteiger partial charge < -0.3 is 10.2 Å². The third-order valence-corrected chi connectivity index (χ3v) is 3.52. The number of likely N-dealkylation sites (N-methyl/N-ethyl adjacent to an activating group) is 1. The van der Waals surface area contributed by atoms with Crippen LogP contribution in [-0.2, 0) is 0 Å². The molecular formula is C12H12N4S. The highest BCUT2D eigenvalue weighted by atomic mass is 32.1. The number of nitriles is 2. The third-order valence-electron chi connectivity index (χ3n) is 2.82. The number of nitrogens with one attached hydrogen (secondary N) is 1. The van der Waals surface area contributed by atoms with Gasteiger partial charge in [0, 0.05) is 13.1 Å². The molecule has 0 saturated carbocycles. The molecule has 2 rings (SSSR count). The highest BCUT2D eigenvalue weighted by Crippen LogP contribution is 2.25. The van der Waals surface area contributed by atoms with Gasteiger partial charge in [0.25, 0.3) is 0 Å². The van der Waals surface area contributed by atoms with Crippen molar-refractivity contribution in [1.29, 1.82) is 10.5 Å². The van der Waals surface area contributed by atoms with Gasteiger partial charge in [-0.1, -0.05) is 0 Å². The summed E-state index contributed by atoms with van der Waals surface area (Å²) in [6.07, 6.45) is 0. The molecule has 0 radical (unpaired) electrons. The SMILES string of the molecule is CCN1CC(c2ccsc2)NC(C#N)=C1C#N. The molecule has 1 atom stereocenters. The van der Waals surface area contributed by atoms with Gasteiger partial charge in [0.1, 0.15) is 17.8 Å². The fraction of sp³-hybridized carbons (Fsp3) is 0.333. The summed E-state index contributed by atoms with van der Waals surface area (Å²) in [6, 6.07) is 6.30. The Balaban J connectivity index is 2.33. The van der Waals surface area contributed by atoms with Gasteiger partial charge in [-0.05, 0) is 29.3 Å². The van der Waals surface area contributed by atoms with Gasteiger partial charge in [-0.15, -0.1) is 0 Å². The highest BCUT2D eigenvalue weighted by molar-refractivity contribution is 7.07. The molecule has 1 aromatic rings.